The second-order valence-corrected chi connectivity index (χ2v) is 7.01. The fourth-order valence-corrected chi connectivity index (χ4v) is 3.33. The third kappa shape index (κ3) is 3.91. The van der Waals surface area contributed by atoms with Crippen LogP contribution in [0.2, 0.25) is 5.02 Å². The molecule has 0 radical (unpaired) electrons. The van der Waals surface area contributed by atoms with Crippen molar-refractivity contribution in [2.45, 2.75) is 17.9 Å². The van der Waals surface area contributed by atoms with Gasteiger partial charge in [-0.15, -0.1) is 11.8 Å². The van der Waals surface area contributed by atoms with Gasteiger partial charge in [0.15, 0.2) is 0 Å². The van der Waals surface area contributed by atoms with Crippen LogP contribution in [0, 0.1) is 0 Å². The summed E-state index contributed by atoms with van der Waals surface area (Å²) in [5.41, 5.74) is 1.87. The predicted octanol–water partition coefficient (Wildman–Crippen LogP) is 4.16. The van der Waals surface area contributed by atoms with Crippen LogP contribution in [0.4, 0.5) is 0 Å². The molecule has 6 heteroatoms. The van der Waals surface area contributed by atoms with Crippen LogP contribution in [0.25, 0.3) is 11.0 Å². The minimum atomic E-state index is -0.294. The lowest BCUT2D eigenvalue weighted by molar-refractivity contribution is -0.123. The fourth-order valence-electron chi connectivity index (χ4n) is 2.43. The summed E-state index contributed by atoms with van der Waals surface area (Å²) in [6.07, 6.45) is 1.72. The molecule has 1 N–H and O–H groups in total. The van der Waals surface area contributed by atoms with Crippen molar-refractivity contribution < 1.29 is 4.79 Å². The Bertz CT molecular complexity index is 832. The fraction of sp³-hybridized carbons (Fsp3) is 0.222. The van der Waals surface area contributed by atoms with E-state index in [9.17, 15) is 4.79 Å². The number of fused-ring (bicyclic) bond motifs is 1. The van der Waals surface area contributed by atoms with Gasteiger partial charge in [0.25, 0.3) is 0 Å². The zero-order valence-corrected chi connectivity index (χ0v) is 14.8. The summed E-state index contributed by atoms with van der Waals surface area (Å²) < 4.78 is 1.90. The van der Waals surface area contributed by atoms with Gasteiger partial charge in [-0.3, -0.25) is 4.79 Å². The average molecular weight is 360 g/mol. The molecule has 124 valence electrons. The van der Waals surface area contributed by atoms with Crippen LogP contribution in [0.15, 0.2) is 59.8 Å². The van der Waals surface area contributed by atoms with Crippen molar-refractivity contribution >= 4 is 40.3 Å². The van der Waals surface area contributed by atoms with E-state index in [0.717, 1.165) is 26.7 Å². The van der Waals surface area contributed by atoms with E-state index in [2.05, 4.69) is 10.3 Å². The molecular formula is C18H18ClN3OS. The monoisotopic (exact) mass is 359 g/mol. The molecular weight excluding hydrogens is 342 g/mol. The summed E-state index contributed by atoms with van der Waals surface area (Å²) in [4.78, 5) is 17.8. The number of nitrogens with zero attached hydrogens (tertiary/aromatic N) is 2. The number of carbonyl (C=O) groups excluding carboxylic acids is 1. The zero-order valence-electron chi connectivity index (χ0n) is 13.3. The molecule has 1 atom stereocenters. The summed E-state index contributed by atoms with van der Waals surface area (Å²) in [6.45, 7) is 2.50. The largest absolute Gasteiger partial charge is 0.353 e. The van der Waals surface area contributed by atoms with E-state index >= 15 is 0 Å². The van der Waals surface area contributed by atoms with Gasteiger partial charge in [0, 0.05) is 22.2 Å². The number of amides is 1. The van der Waals surface area contributed by atoms with E-state index in [0.29, 0.717) is 6.54 Å². The molecule has 0 spiro atoms. The first-order valence-corrected chi connectivity index (χ1v) is 9.09. The first kappa shape index (κ1) is 16.9. The minimum absolute atomic E-state index is 0.00476. The SMILES string of the molecule is C[C@@H](C(=O)NCCSc1ccc(Cl)cc1)n1cnc2ccccc21. The third-order valence-corrected chi connectivity index (χ3v) is 5.03. The minimum Gasteiger partial charge on any atom is -0.353 e. The van der Waals surface area contributed by atoms with Gasteiger partial charge in [-0.2, -0.15) is 0 Å². The van der Waals surface area contributed by atoms with Crippen LogP contribution in [0.3, 0.4) is 0 Å². The number of hydrogen-bond acceptors (Lipinski definition) is 3. The summed E-state index contributed by atoms with van der Waals surface area (Å²) in [6, 6.07) is 15.2. The second kappa shape index (κ2) is 7.73. The first-order valence-electron chi connectivity index (χ1n) is 7.73. The first-order chi connectivity index (χ1) is 11.6. The van der Waals surface area contributed by atoms with Crippen molar-refractivity contribution in [2.24, 2.45) is 0 Å². The van der Waals surface area contributed by atoms with E-state index < -0.39 is 0 Å². The molecule has 4 nitrogen and oxygen atoms in total. The molecule has 0 unspecified atom stereocenters. The van der Waals surface area contributed by atoms with Crippen molar-refractivity contribution in [1.29, 1.82) is 0 Å². The number of nitrogens with one attached hydrogen (secondary N) is 1. The number of imidazole rings is 1. The second-order valence-electron chi connectivity index (χ2n) is 5.41. The topological polar surface area (TPSA) is 46.9 Å². The van der Waals surface area contributed by atoms with Gasteiger partial charge in [0.2, 0.25) is 5.91 Å². The lowest BCUT2D eigenvalue weighted by Gasteiger charge is -2.14. The molecule has 3 rings (SSSR count). The molecule has 0 aliphatic carbocycles. The summed E-state index contributed by atoms with van der Waals surface area (Å²) >= 11 is 7.56. The number of thioether (sulfide) groups is 1. The average Bonchev–Trinajstić information content (AvgIpc) is 3.03. The highest BCUT2D eigenvalue weighted by molar-refractivity contribution is 7.99. The molecule has 0 fully saturated rings. The molecule has 0 saturated heterocycles. The van der Waals surface area contributed by atoms with Crippen LogP contribution in [-0.2, 0) is 4.79 Å². The van der Waals surface area contributed by atoms with E-state index in [4.69, 9.17) is 11.6 Å². The number of hydrogen-bond donors (Lipinski definition) is 1. The number of para-hydroxylation sites is 2. The van der Waals surface area contributed by atoms with Crippen LogP contribution < -0.4 is 5.32 Å². The Balaban J connectivity index is 1.52. The van der Waals surface area contributed by atoms with E-state index in [1.54, 1.807) is 18.1 Å². The number of benzene rings is 2. The van der Waals surface area contributed by atoms with Crippen LogP contribution in [0.1, 0.15) is 13.0 Å². The molecule has 0 saturated carbocycles. The maximum absolute atomic E-state index is 12.4. The van der Waals surface area contributed by atoms with Gasteiger partial charge in [-0.1, -0.05) is 23.7 Å². The van der Waals surface area contributed by atoms with Gasteiger partial charge < -0.3 is 9.88 Å². The van der Waals surface area contributed by atoms with Crippen molar-refractivity contribution in [2.75, 3.05) is 12.3 Å². The Morgan fingerprint density at radius 1 is 1.25 bits per heavy atom. The Morgan fingerprint density at radius 2 is 2.00 bits per heavy atom. The molecule has 24 heavy (non-hydrogen) atoms. The Labute approximate surface area is 150 Å². The van der Waals surface area contributed by atoms with Gasteiger partial charge >= 0.3 is 0 Å². The maximum atomic E-state index is 12.4. The number of halogens is 1. The zero-order chi connectivity index (χ0) is 16.9. The van der Waals surface area contributed by atoms with E-state index in [-0.39, 0.29) is 11.9 Å². The Morgan fingerprint density at radius 3 is 2.79 bits per heavy atom. The van der Waals surface area contributed by atoms with Crippen LogP contribution >= 0.6 is 23.4 Å². The van der Waals surface area contributed by atoms with E-state index in [1.807, 2.05) is 60.0 Å². The van der Waals surface area contributed by atoms with Gasteiger partial charge in [-0.05, 0) is 43.3 Å². The molecule has 1 aromatic heterocycles. The predicted molar refractivity (Wildman–Crippen MR) is 99.6 cm³/mol. The summed E-state index contributed by atoms with van der Waals surface area (Å²) in [7, 11) is 0. The summed E-state index contributed by atoms with van der Waals surface area (Å²) in [5, 5.41) is 3.71. The van der Waals surface area contributed by atoms with Crippen molar-refractivity contribution in [3.63, 3.8) is 0 Å². The lowest BCUT2D eigenvalue weighted by Crippen LogP contribution is -2.32. The van der Waals surface area contributed by atoms with Gasteiger partial charge in [0.1, 0.15) is 6.04 Å². The van der Waals surface area contributed by atoms with Crippen LogP contribution in [-0.4, -0.2) is 27.8 Å². The van der Waals surface area contributed by atoms with E-state index in [1.165, 1.54) is 0 Å². The number of carbonyl (C=O) groups is 1. The molecule has 0 bridgehead atoms. The molecule has 1 amide bonds. The Kier molecular flexibility index (Phi) is 5.43. The van der Waals surface area contributed by atoms with Crippen LogP contribution in [0.5, 0.6) is 0 Å². The quantitative estimate of drug-likeness (QED) is 0.531. The molecule has 3 aromatic rings. The standard InChI is InChI=1S/C18H18ClN3OS/c1-13(22-12-21-16-4-2-3-5-17(16)22)18(23)20-10-11-24-15-8-6-14(19)7-9-15/h2-9,12-13H,10-11H2,1H3,(H,20,23)/t13-/m0/s1. The lowest BCUT2D eigenvalue weighted by atomic mass is 10.2. The summed E-state index contributed by atoms with van der Waals surface area (Å²) in [5.74, 6) is 0.806. The normalized spacial score (nSPS) is 12.2. The Hall–Kier alpha value is -1.98. The van der Waals surface area contributed by atoms with Crippen molar-refractivity contribution in [3.8, 4) is 0 Å². The highest BCUT2D eigenvalue weighted by atomic mass is 35.5. The maximum Gasteiger partial charge on any atom is 0.242 e. The van der Waals surface area contributed by atoms with Crippen molar-refractivity contribution in [3.05, 3.63) is 59.9 Å². The molecule has 0 aliphatic heterocycles. The third-order valence-electron chi connectivity index (χ3n) is 3.76. The highest BCUT2D eigenvalue weighted by Crippen LogP contribution is 2.20. The number of aromatic nitrogens is 2. The number of rotatable bonds is 6. The molecule has 0 aliphatic rings. The molecule has 2 aromatic carbocycles. The van der Waals surface area contributed by atoms with Gasteiger partial charge in [0.05, 0.1) is 17.4 Å². The smallest absolute Gasteiger partial charge is 0.242 e. The highest BCUT2D eigenvalue weighted by Gasteiger charge is 2.16. The van der Waals surface area contributed by atoms with Crippen molar-refractivity contribution in [1.82, 2.24) is 14.9 Å². The molecule has 1 heterocycles. The van der Waals surface area contributed by atoms with Gasteiger partial charge in [-0.25, -0.2) is 4.98 Å².